The molecule has 1 aromatic carbocycles. The lowest BCUT2D eigenvalue weighted by Gasteiger charge is -2.55. The van der Waals surface area contributed by atoms with Gasteiger partial charge in [-0.3, -0.25) is 14.9 Å². The lowest BCUT2D eigenvalue weighted by Crippen LogP contribution is -2.48. The lowest BCUT2D eigenvalue weighted by molar-refractivity contribution is -0.112. The van der Waals surface area contributed by atoms with Crippen LogP contribution in [0.1, 0.15) is 53.9 Å². The number of hydrogen-bond donors (Lipinski definition) is 2. The number of carbonyl (C=O) groups excluding carboxylic acids is 2. The van der Waals surface area contributed by atoms with Gasteiger partial charge >= 0.3 is 0 Å². The molecule has 7 heteroatoms. The number of H-pyrrole nitrogens is 1. The zero-order valence-corrected chi connectivity index (χ0v) is 16.8. The number of carbonyl (C=O) groups is 2. The zero-order valence-electron chi connectivity index (χ0n) is 16.0. The van der Waals surface area contributed by atoms with E-state index in [0.29, 0.717) is 10.7 Å². The largest absolute Gasteiger partial charge is 0.360 e. The second-order valence-corrected chi connectivity index (χ2v) is 10.1. The first-order valence-corrected chi connectivity index (χ1v) is 11.2. The average Bonchev–Trinajstić information content (AvgIpc) is 3.34. The maximum absolute atomic E-state index is 12.7. The first-order chi connectivity index (χ1) is 14.1. The van der Waals surface area contributed by atoms with E-state index in [1.165, 1.54) is 49.9 Å². The molecule has 6 nitrogen and oxygen atoms in total. The van der Waals surface area contributed by atoms with Crippen LogP contribution in [0.4, 0.5) is 5.13 Å². The van der Waals surface area contributed by atoms with Crippen LogP contribution in [0.3, 0.4) is 0 Å². The molecule has 2 aromatic heterocycles. The fraction of sp³-hybridized carbons (Fsp3) is 0.455. The van der Waals surface area contributed by atoms with Gasteiger partial charge in [0.05, 0.1) is 5.56 Å². The number of Topliss-reactive ketones (excluding diaryl/α,β-unsaturated/α-hetero) is 1. The van der Waals surface area contributed by atoms with Crippen molar-refractivity contribution in [1.29, 1.82) is 0 Å². The van der Waals surface area contributed by atoms with Crippen LogP contribution in [-0.4, -0.2) is 26.9 Å². The smallest absolute Gasteiger partial charge is 0.298 e. The van der Waals surface area contributed by atoms with Crippen LogP contribution >= 0.6 is 11.3 Å². The normalized spacial score (nSPS) is 30.0. The number of aromatic amines is 1. The molecule has 0 aliphatic heterocycles. The van der Waals surface area contributed by atoms with Gasteiger partial charge < -0.3 is 4.98 Å². The number of rotatable bonds is 4. The summed E-state index contributed by atoms with van der Waals surface area (Å²) in [5, 5.41) is 13.6. The van der Waals surface area contributed by atoms with Gasteiger partial charge in [-0.15, -0.1) is 10.2 Å². The van der Waals surface area contributed by atoms with E-state index in [1.54, 1.807) is 6.20 Å². The molecule has 0 atom stereocenters. The number of aromatic nitrogens is 3. The topological polar surface area (TPSA) is 87.7 Å². The van der Waals surface area contributed by atoms with Crippen LogP contribution in [-0.2, 0) is 10.2 Å². The van der Waals surface area contributed by atoms with E-state index >= 15 is 0 Å². The van der Waals surface area contributed by atoms with E-state index in [0.717, 1.165) is 33.7 Å². The first-order valence-electron chi connectivity index (χ1n) is 10.4. The van der Waals surface area contributed by atoms with E-state index in [4.69, 9.17) is 0 Å². The number of anilines is 1. The second-order valence-electron chi connectivity index (χ2n) is 9.14. The SMILES string of the molecule is O=C(Nc1nnc(C23CC4CC(CC(C4)C2)C3)s1)C(=O)c1c[nH]c2ccccc12. The molecule has 2 heterocycles. The summed E-state index contributed by atoms with van der Waals surface area (Å²) in [5.41, 5.74) is 1.36. The van der Waals surface area contributed by atoms with Gasteiger partial charge in [-0.05, 0) is 62.3 Å². The third kappa shape index (κ3) is 2.74. The highest BCUT2D eigenvalue weighted by molar-refractivity contribution is 7.15. The number of benzene rings is 1. The van der Waals surface area contributed by atoms with Gasteiger partial charge in [-0.1, -0.05) is 29.5 Å². The van der Waals surface area contributed by atoms with E-state index in [9.17, 15) is 9.59 Å². The van der Waals surface area contributed by atoms with Crippen LogP contribution in [0.15, 0.2) is 30.5 Å². The number of fused-ring (bicyclic) bond motifs is 1. The number of hydrogen-bond acceptors (Lipinski definition) is 5. The van der Waals surface area contributed by atoms with E-state index in [-0.39, 0.29) is 5.41 Å². The first kappa shape index (κ1) is 17.3. The van der Waals surface area contributed by atoms with Gasteiger partial charge in [0.2, 0.25) is 5.13 Å². The number of nitrogens with zero attached hydrogens (tertiary/aromatic N) is 2. The monoisotopic (exact) mass is 406 g/mol. The second kappa shape index (κ2) is 6.23. The van der Waals surface area contributed by atoms with E-state index < -0.39 is 11.7 Å². The van der Waals surface area contributed by atoms with Crippen LogP contribution in [0.25, 0.3) is 10.9 Å². The zero-order chi connectivity index (χ0) is 19.6. The molecule has 4 aliphatic rings. The van der Waals surface area contributed by atoms with Crippen molar-refractivity contribution in [3.63, 3.8) is 0 Å². The fourth-order valence-corrected chi connectivity index (χ4v) is 7.35. The molecule has 4 aliphatic carbocycles. The molecule has 0 saturated heterocycles. The molecule has 4 fully saturated rings. The maximum atomic E-state index is 12.7. The Hall–Kier alpha value is -2.54. The minimum absolute atomic E-state index is 0.149. The van der Waals surface area contributed by atoms with E-state index in [1.807, 2.05) is 24.3 Å². The van der Waals surface area contributed by atoms with Gasteiger partial charge in [-0.25, -0.2) is 0 Å². The fourth-order valence-electron chi connectivity index (χ4n) is 6.40. The summed E-state index contributed by atoms with van der Waals surface area (Å²) in [4.78, 5) is 28.3. The summed E-state index contributed by atoms with van der Waals surface area (Å²) in [6.07, 6.45) is 9.33. The Morgan fingerprint density at radius 3 is 2.45 bits per heavy atom. The Bertz CT molecular complexity index is 1100. The molecule has 7 rings (SSSR count). The molecule has 1 amide bonds. The van der Waals surface area contributed by atoms with Gasteiger partial charge in [0.25, 0.3) is 11.7 Å². The molecular weight excluding hydrogens is 384 g/mol. The molecular formula is C22H22N4O2S. The van der Waals surface area contributed by atoms with Crippen LogP contribution in [0.5, 0.6) is 0 Å². The quantitative estimate of drug-likeness (QED) is 0.499. The van der Waals surface area contributed by atoms with Crippen molar-refractivity contribution in [2.45, 2.75) is 43.9 Å². The van der Waals surface area contributed by atoms with Crippen LogP contribution < -0.4 is 5.32 Å². The molecule has 29 heavy (non-hydrogen) atoms. The van der Waals surface area contributed by atoms with Gasteiger partial charge in [0.1, 0.15) is 5.01 Å². The molecule has 3 aromatic rings. The lowest BCUT2D eigenvalue weighted by atomic mass is 9.50. The third-order valence-corrected chi connectivity index (χ3v) is 8.26. The maximum Gasteiger partial charge on any atom is 0.298 e. The molecule has 2 N–H and O–H groups in total. The Labute approximate surface area is 172 Å². The summed E-state index contributed by atoms with van der Waals surface area (Å²) in [5.74, 6) is 1.25. The van der Waals surface area contributed by atoms with Crippen molar-refractivity contribution in [2.75, 3.05) is 5.32 Å². The predicted octanol–water partition coefficient (Wildman–Crippen LogP) is 4.31. The van der Waals surface area contributed by atoms with Crippen molar-refractivity contribution in [1.82, 2.24) is 15.2 Å². The molecule has 0 radical (unpaired) electrons. The summed E-state index contributed by atoms with van der Waals surface area (Å²) >= 11 is 1.45. The standard InChI is InChI=1S/C22H22N4O2S/c27-18(16-11-23-17-4-2-1-3-15(16)17)19(28)24-21-26-25-20(29-21)22-8-12-5-13(9-22)7-14(6-12)10-22/h1-4,11-14,23H,5-10H2,(H,24,26,28). The van der Waals surface area contributed by atoms with Crippen molar-refractivity contribution in [3.8, 4) is 0 Å². The molecule has 4 saturated carbocycles. The number of amides is 1. The minimum atomic E-state index is -0.664. The number of nitrogens with one attached hydrogen (secondary N) is 2. The summed E-state index contributed by atoms with van der Waals surface area (Å²) in [6, 6.07) is 7.46. The molecule has 4 bridgehead atoms. The number of para-hydroxylation sites is 1. The van der Waals surface area contributed by atoms with Crippen LogP contribution in [0.2, 0.25) is 0 Å². The van der Waals surface area contributed by atoms with Gasteiger partial charge in [-0.2, -0.15) is 0 Å². The van der Waals surface area contributed by atoms with Crippen molar-refractivity contribution in [2.24, 2.45) is 17.8 Å². The van der Waals surface area contributed by atoms with Crippen LogP contribution in [0, 0.1) is 17.8 Å². The van der Waals surface area contributed by atoms with Crippen molar-refractivity contribution < 1.29 is 9.59 Å². The average molecular weight is 407 g/mol. The highest BCUT2D eigenvalue weighted by Gasteiger charge is 2.53. The third-order valence-electron chi connectivity index (χ3n) is 7.18. The summed E-state index contributed by atoms with van der Waals surface area (Å²) in [7, 11) is 0. The highest BCUT2D eigenvalue weighted by Crippen LogP contribution is 2.61. The van der Waals surface area contributed by atoms with Gasteiger partial charge in [0.15, 0.2) is 0 Å². The van der Waals surface area contributed by atoms with E-state index in [2.05, 4.69) is 20.5 Å². The van der Waals surface area contributed by atoms with Crippen molar-refractivity contribution in [3.05, 3.63) is 41.0 Å². The van der Waals surface area contributed by atoms with Gasteiger partial charge in [0, 0.05) is 22.5 Å². The molecule has 0 unspecified atom stereocenters. The molecule has 0 spiro atoms. The number of ketones is 1. The summed E-state index contributed by atoms with van der Waals surface area (Å²) in [6.45, 7) is 0. The van der Waals surface area contributed by atoms with Crippen molar-refractivity contribution >= 4 is 39.1 Å². The minimum Gasteiger partial charge on any atom is -0.360 e. The summed E-state index contributed by atoms with van der Waals surface area (Å²) < 4.78 is 0. The predicted molar refractivity (Wildman–Crippen MR) is 111 cm³/mol. The Morgan fingerprint density at radius 1 is 1.03 bits per heavy atom. The Morgan fingerprint density at radius 2 is 1.72 bits per heavy atom. The highest BCUT2D eigenvalue weighted by atomic mass is 32.1. The Balaban J connectivity index is 1.22. The molecule has 148 valence electrons. The Kier molecular flexibility index (Phi) is 3.72.